The molecular formula is C41H74O5SSi3. The summed E-state index contributed by atoms with van der Waals surface area (Å²) >= 11 is 1.90. The number of unbranched alkanes of at least 4 members (excludes halogenated alkanes) is 3. The number of carboxylic acid groups (broad SMARTS) is 1. The van der Waals surface area contributed by atoms with Crippen LogP contribution in [-0.2, 0) is 18.1 Å². The molecule has 5 atom stereocenters. The van der Waals surface area contributed by atoms with Gasteiger partial charge in [0, 0.05) is 16.0 Å². The van der Waals surface area contributed by atoms with Crippen LogP contribution in [0, 0.1) is 11.8 Å². The summed E-state index contributed by atoms with van der Waals surface area (Å²) in [7, 11) is -6.15. The van der Waals surface area contributed by atoms with Gasteiger partial charge in [-0.2, -0.15) is 0 Å². The fourth-order valence-electron chi connectivity index (χ4n) is 6.62. The van der Waals surface area contributed by atoms with Crippen LogP contribution in [-0.4, -0.2) is 48.2 Å². The Bertz CT molecular complexity index is 1350. The number of aliphatic carboxylic acids is 1. The molecule has 50 heavy (non-hydrogen) atoms. The van der Waals surface area contributed by atoms with Gasteiger partial charge in [-0.3, -0.25) is 4.79 Å². The minimum Gasteiger partial charge on any atom is -0.481 e. The molecule has 9 heteroatoms. The highest BCUT2D eigenvalue weighted by atomic mass is 32.1. The maximum atomic E-state index is 11.2. The quantitative estimate of drug-likeness (QED) is 0.128. The third-order valence-corrected chi connectivity index (χ3v) is 27.6. The van der Waals surface area contributed by atoms with Crippen LogP contribution < -0.4 is 0 Å². The van der Waals surface area contributed by atoms with E-state index in [4.69, 9.17) is 13.3 Å². The molecule has 0 saturated heterocycles. The maximum Gasteiger partial charge on any atom is 0.303 e. The van der Waals surface area contributed by atoms with Gasteiger partial charge in [0.15, 0.2) is 25.0 Å². The second-order valence-corrected chi connectivity index (χ2v) is 35.3. The lowest BCUT2D eigenvalue weighted by Crippen LogP contribution is -2.45. The van der Waals surface area contributed by atoms with Gasteiger partial charge in [0.2, 0.25) is 0 Å². The molecule has 0 bridgehead atoms. The summed E-state index contributed by atoms with van der Waals surface area (Å²) in [5, 5.41) is 10.9. The second kappa shape index (κ2) is 16.7. The first-order valence-electron chi connectivity index (χ1n) is 19.5. The summed E-state index contributed by atoms with van der Waals surface area (Å²) in [4.78, 5) is 12.5. The lowest BCUT2D eigenvalue weighted by Gasteiger charge is -2.41. The van der Waals surface area contributed by atoms with Crippen molar-refractivity contribution >= 4 is 52.3 Å². The van der Waals surface area contributed by atoms with E-state index in [-0.39, 0.29) is 39.8 Å². The molecule has 1 saturated carbocycles. The molecule has 1 aliphatic rings. The molecule has 1 heterocycles. The summed E-state index contributed by atoms with van der Waals surface area (Å²) in [5.74, 6) is 0.106. The highest BCUT2D eigenvalue weighted by Gasteiger charge is 2.51. The third-order valence-electron chi connectivity index (χ3n) is 12.9. The van der Waals surface area contributed by atoms with Crippen molar-refractivity contribution in [1.82, 2.24) is 0 Å². The average molecular weight is 763 g/mol. The lowest BCUT2D eigenvalue weighted by molar-refractivity contribution is -0.137. The van der Waals surface area contributed by atoms with Crippen LogP contribution in [0.1, 0.15) is 131 Å². The number of thiophene rings is 1. The van der Waals surface area contributed by atoms with Crippen molar-refractivity contribution in [2.45, 2.75) is 193 Å². The Kier molecular flexibility index (Phi) is 14.5. The number of hydrogen-bond acceptors (Lipinski definition) is 5. The van der Waals surface area contributed by atoms with E-state index >= 15 is 0 Å². The first-order chi connectivity index (χ1) is 22.8. The van der Waals surface area contributed by atoms with Gasteiger partial charge in [0.05, 0.1) is 18.3 Å². The normalized spacial score (nSPS) is 22.0. The van der Waals surface area contributed by atoms with Crippen LogP contribution in [0.4, 0.5) is 0 Å². The first kappa shape index (κ1) is 43.6. The zero-order valence-electron chi connectivity index (χ0n) is 34.6. The Balaban J connectivity index is 2.01. The van der Waals surface area contributed by atoms with Crippen LogP contribution in [0.5, 0.6) is 0 Å². The Morgan fingerprint density at radius 3 is 1.76 bits per heavy atom. The predicted molar refractivity (Wildman–Crippen MR) is 223 cm³/mol. The Labute approximate surface area is 314 Å². The molecule has 5 nitrogen and oxygen atoms in total. The van der Waals surface area contributed by atoms with Gasteiger partial charge in [-0.1, -0.05) is 99.8 Å². The molecule has 1 aromatic carbocycles. The zero-order valence-corrected chi connectivity index (χ0v) is 38.4. The molecule has 3 rings (SSSR count). The standard InChI is InChI=1S/C41H74O5SSi3/c1-39(2,3)48(10,11)44-33(37-28-30-22-20-21-24-36(30)47-37)27-26-32-31(23-18-16-17-19-25-38(42)43)34(45-49(12,13)40(4,5)6)29-35(32)46-50(14,15)41(7,8)9/h20-22,24,28,31-35H,16-19,23,25-27,29H2,1-15H3,(H,42,43)/t31-,32-,33?,34+,35-/m1/s1. The van der Waals surface area contributed by atoms with Crippen LogP contribution in [0.25, 0.3) is 10.1 Å². The van der Waals surface area contributed by atoms with Gasteiger partial charge < -0.3 is 18.4 Å². The minimum absolute atomic E-state index is 0.0545. The summed E-state index contributed by atoms with van der Waals surface area (Å²) in [6, 6.07) is 11.1. The summed E-state index contributed by atoms with van der Waals surface area (Å²) < 4.78 is 23.5. The Morgan fingerprint density at radius 2 is 1.26 bits per heavy atom. The van der Waals surface area contributed by atoms with Crippen LogP contribution in [0.2, 0.25) is 54.4 Å². The van der Waals surface area contributed by atoms with Gasteiger partial charge in [0.25, 0.3) is 0 Å². The molecular weight excluding hydrogens is 689 g/mol. The molecule has 0 aliphatic heterocycles. The van der Waals surface area contributed by atoms with Gasteiger partial charge in [-0.25, -0.2) is 0 Å². The maximum absolute atomic E-state index is 11.2. The molecule has 2 aromatic rings. The van der Waals surface area contributed by atoms with Crippen molar-refractivity contribution in [1.29, 1.82) is 0 Å². The fourth-order valence-corrected chi connectivity index (χ4v) is 11.9. The molecule has 0 radical (unpaired) electrons. The van der Waals surface area contributed by atoms with E-state index in [1.807, 2.05) is 11.3 Å². The van der Waals surface area contributed by atoms with Crippen molar-refractivity contribution in [2.75, 3.05) is 0 Å². The number of carbonyl (C=O) groups is 1. The number of hydrogen-bond donors (Lipinski definition) is 1. The second-order valence-electron chi connectivity index (χ2n) is 19.9. The van der Waals surface area contributed by atoms with Gasteiger partial charge in [-0.05, 0) is 116 Å². The molecule has 1 aromatic heterocycles. The number of rotatable bonds is 17. The first-order valence-corrected chi connectivity index (χ1v) is 29.0. The molecule has 0 amide bonds. The average Bonchev–Trinajstić information content (AvgIpc) is 3.51. The van der Waals surface area contributed by atoms with Crippen LogP contribution in [0.15, 0.2) is 30.3 Å². The van der Waals surface area contributed by atoms with E-state index in [0.29, 0.717) is 11.8 Å². The number of carboxylic acids is 1. The van der Waals surface area contributed by atoms with Gasteiger partial charge in [-0.15, -0.1) is 11.3 Å². The largest absolute Gasteiger partial charge is 0.481 e. The van der Waals surface area contributed by atoms with Gasteiger partial charge >= 0.3 is 5.97 Å². The lowest BCUT2D eigenvalue weighted by atomic mass is 9.84. The number of fused-ring (bicyclic) bond motifs is 1. The smallest absolute Gasteiger partial charge is 0.303 e. The SMILES string of the molecule is CC(C)(C)[Si](C)(C)OC(CC[C@@H]1[C@@H](CCCCCCC(=O)O)[C@@H](O[Si](C)(C)C(C)(C)C)C[C@H]1O[Si](C)(C)C(C)(C)C)c1cc2ccccc2s1. The minimum atomic E-state index is -2.06. The van der Waals surface area contributed by atoms with Crippen molar-refractivity contribution < 1.29 is 23.2 Å². The van der Waals surface area contributed by atoms with Gasteiger partial charge in [0.1, 0.15) is 0 Å². The number of benzene rings is 1. The van der Waals surface area contributed by atoms with Crippen LogP contribution in [0.3, 0.4) is 0 Å². The molecule has 286 valence electrons. The third kappa shape index (κ3) is 11.3. The highest BCUT2D eigenvalue weighted by Crippen LogP contribution is 2.51. The zero-order chi connectivity index (χ0) is 37.9. The Morgan fingerprint density at radius 1 is 0.760 bits per heavy atom. The fraction of sp³-hybridized carbons (Fsp3) is 0.780. The predicted octanol–water partition coefficient (Wildman–Crippen LogP) is 13.6. The van der Waals surface area contributed by atoms with Crippen molar-refractivity contribution in [3.63, 3.8) is 0 Å². The topological polar surface area (TPSA) is 65.0 Å². The monoisotopic (exact) mass is 762 g/mol. The molecule has 1 aliphatic carbocycles. The summed E-state index contributed by atoms with van der Waals surface area (Å²) in [5.41, 5.74) is 0. The summed E-state index contributed by atoms with van der Waals surface area (Å²) in [6.07, 6.45) is 8.64. The Hall–Kier alpha value is -0.819. The molecule has 0 spiro atoms. The molecule has 1 unspecified atom stereocenters. The molecule has 1 fully saturated rings. The summed E-state index contributed by atoms with van der Waals surface area (Å²) in [6.45, 7) is 35.5. The molecule has 1 N–H and O–H groups in total. The highest BCUT2D eigenvalue weighted by molar-refractivity contribution is 7.19. The van der Waals surface area contributed by atoms with E-state index in [1.54, 1.807) is 0 Å². The van der Waals surface area contributed by atoms with Crippen LogP contribution >= 0.6 is 11.3 Å². The van der Waals surface area contributed by atoms with Crippen molar-refractivity contribution in [3.8, 4) is 0 Å². The van der Waals surface area contributed by atoms with E-state index in [2.05, 4.69) is 132 Å². The van der Waals surface area contributed by atoms with E-state index in [0.717, 1.165) is 51.4 Å². The van der Waals surface area contributed by atoms with E-state index in [9.17, 15) is 9.90 Å². The van der Waals surface area contributed by atoms with Crippen molar-refractivity contribution in [2.24, 2.45) is 11.8 Å². The van der Waals surface area contributed by atoms with Crippen molar-refractivity contribution in [3.05, 3.63) is 35.2 Å². The van der Waals surface area contributed by atoms with E-state index < -0.39 is 30.9 Å². The van der Waals surface area contributed by atoms with E-state index in [1.165, 1.54) is 15.0 Å².